The maximum absolute atomic E-state index is 12.0. The normalized spacial score (nSPS) is 9.70. The fourth-order valence-corrected chi connectivity index (χ4v) is 1.89. The second-order valence-electron chi connectivity index (χ2n) is 3.84. The van der Waals surface area contributed by atoms with Gasteiger partial charge in [-0.3, -0.25) is 4.79 Å². The summed E-state index contributed by atoms with van der Waals surface area (Å²) in [5.74, 6) is -0.522. The van der Waals surface area contributed by atoms with E-state index in [2.05, 4.69) is 27.8 Å². The molecule has 0 saturated heterocycles. The number of ether oxygens (including phenoxy) is 1. The molecular weight excluding hydrogens is 328 g/mol. The zero-order valence-corrected chi connectivity index (χ0v) is 12.5. The highest BCUT2D eigenvalue weighted by Gasteiger charge is 2.15. The number of carboxylic acid groups (broad SMARTS) is 1. The van der Waals surface area contributed by atoms with Crippen molar-refractivity contribution in [3.05, 3.63) is 35.3 Å². The van der Waals surface area contributed by atoms with Crippen LogP contribution in [0.2, 0.25) is 0 Å². The molecule has 0 atom stereocenters. The average Bonchev–Trinajstić information content (AvgIpc) is 2.40. The van der Waals surface area contributed by atoms with E-state index in [1.807, 2.05) is 0 Å². The molecule has 1 aromatic rings. The van der Waals surface area contributed by atoms with Gasteiger partial charge in [0.15, 0.2) is 0 Å². The summed E-state index contributed by atoms with van der Waals surface area (Å²) < 4.78 is 5.87. The van der Waals surface area contributed by atoms with Crippen molar-refractivity contribution in [3.63, 3.8) is 0 Å². The number of halogens is 1. The third-order valence-electron chi connectivity index (χ3n) is 2.37. The fraction of sp³-hybridized carbons (Fsp3) is 0.231. The number of amides is 2. The number of hydrogen-bond acceptors (Lipinski definition) is 3. The van der Waals surface area contributed by atoms with Gasteiger partial charge in [0, 0.05) is 18.3 Å². The Balaban J connectivity index is 2.81. The minimum absolute atomic E-state index is 0.145. The quantitative estimate of drug-likeness (QED) is 0.778. The first-order chi connectivity index (χ1) is 9.47. The van der Waals surface area contributed by atoms with Crippen LogP contribution in [0.1, 0.15) is 0 Å². The molecule has 0 spiro atoms. The summed E-state index contributed by atoms with van der Waals surface area (Å²) in [6.07, 6.45) is 1.46. The lowest BCUT2D eigenvalue weighted by Crippen LogP contribution is -2.38. The van der Waals surface area contributed by atoms with E-state index in [9.17, 15) is 9.59 Å². The van der Waals surface area contributed by atoms with Crippen molar-refractivity contribution in [2.75, 3.05) is 25.5 Å². The van der Waals surface area contributed by atoms with Gasteiger partial charge in [-0.25, -0.2) is 4.79 Å². The Labute approximate surface area is 125 Å². The minimum atomic E-state index is -1.09. The smallest absolute Gasteiger partial charge is 0.323 e. The van der Waals surface area contributed by atoms with Crippen LogP contribution in [0.5, 0.6) is 5.75 Å². The summed E-state index contributed by atoms with van der Waals surface area (Å²) >= 11 is 3.30. The number of carbonyl (C=O) groups is 2. The molecule has 108 valence electrons. The molecule has 0 aromatic heterocycles. The molecule has 7 heteroatoms. The highest BCUT2D eigenvalue weighted by atomic mass is 79.9. The average molecular weight is 343 g/mol. The zero-order chi connectivity index (χ0) is 15.1. The number of nitrogens with one attached hydrogen (secondary N) is 1. The number of hydrogen-bond donors (Lipinski definition) is 2. The lowest BCUT2D eigenvalue weighted by atomic mass is 10.3. The van der Waals surface area contributed by atoms with E-state index in [4.69, 9.17) is 9.84 Å². The number of urea groups is 1. The van der Waals surface area contributed by atoms with Gasteiger partial charge < -0.3 is 20.1 Å². The SMILES string of the molecule is C=CCN(CC(=O)O)C(=O)Nc1ccc(Br)c(OC)c1. The predicted octanol–water partition coefficient (Wildman–Crippen LogP) is 2.56. The van der Waals surface area contributed by atoms with Crippen LogP contribution < -0.4 is 10.1 Å². The predicted molar refractivity (Wildman–Crippen MR) is 79.1 cm³/mol. The monoisotopic (exact) mass is 342 g/mol. The molecule has 0 radical (unpaired) electrons. The lowest BCUT2D eigenvalue weighted by Gasteiger charge is -2.19. The van der Waals surface area contributed by atoms with Crippen molar-refractivity contribution >= 4 is 33.6 Å². The van der Waals surface area contributed by atoms with Gasteiger partial charge in [0.05, 0.1) is 11.6 Å². The molecule has 6 nitrogen and oxygen atoms in total. The van der Waals surface area contributed by atoms with Crippen LogP contribution in [0.25, 0.3) is 0 Å². The number of anilines is 1. The largest absolute Gasteiger partial charge is 0.495 e. The Kier molecular flexibility index (Phi) is 6.05. The Bertz CT molecular complexity index is 519. The summed E-state index contributed by atoms with van der Waals surface area (Å²) in [6, 6.07) is 4.52. The molecule has 0 aliphatic rings. The number of benzene rings is 1. The highest BCUT2D eigenvalue weighted by molar-refractivity contribution is 9.10. The van der Waals surface area contributed by atoms with Gasteiger partial charge in [0.25, 0.3) is 0 Å². The maximum Gasteiger partial charge on any atom is 0.323 e. The first-order valence-corrected chi connectivity index (χ1v) is 6.49. The Morgan fingerprint density at radius 2 is 2.25 bits per heavy atom. The Morgan fingerprint density at radius 1 is 1.55 bits per heavy atom. The molecule has 20 heavy (non-hydrogen) atoms. The molecule has 0 unspecified atom stereocenters. The molecule has 0 bridgehead atoms. The van der Waals surface area contributed by atoms with Gasteiger partial charge in [-0.2, -0.15) is 0 Å². The number of aliphatic carboxylic acids is 1. The molecule has 2 amide bonds. The topological polar surface area (TPSA) is 78.9 Å². The van der Waals surface area contributed by atoms with Gasteiger partial charge >= 0.3 is 12.0 Å². The third kappa shape index (κ3) is 4.58. The van der Waals surface area contributed by atoms with Crippen LogP contribution in [-0.4, -0.2) is 42.2 Å². The summed E-state index contributed by atoms with van der Waals surface area (Å²) in [4.78, 5) is 23.8. The summed E-state index contributed by atoms with van der Waals surface area (Å²) in [5, 5.41) is 11.4. The van der Waals surface area contributed by atoms with Crippen molar-refractivity contribution < 1.29 is 19.4 Å². The second kappa shape index (κ2) is 7.54. The van der Waals surface area contributed by atoms with Crippen molar-refractivity contribution in [1.29, 1.82) is 0 Å². The lowest BCUT2D eigenvalue weighted by molar-refractivity contribution is -0.137. The van der Waals surface area contributed by atoms with Crippen molar-refractivity contribution in [3.8, 4) is 5.75 Å². The summed E-state index contributed by atoms with van der Waals surface area (Å²) in [6.45, 7) is 3.24. The molecule has 0 fully saturated rings. The molecule has 0 heterocycles. The molecule has 0 aliphatic heterocycles. The first kappa shape index (κ1) is 16.0. The van der Waals surface area contributed by atoms with E-state index in [-0.39, 0.29) is 6.54 Å². The van der Waals surface area contributed by atoms with Crippen LogP contribution in [0.15, 0.2) is 35.3 Å². The van der Waals surface area contributed by atoms with Crippen molar-refractivity contribution in [2.24, 2.45) is 0 Å². The van der Waals surface area contributed by atoms with E-state index < -0.39 is 18.5 Å². The van der Waals surface area contributed by atoms with Crippen molar-refractivity contribution in [2.45, 2.75) is 0 Å². The Hall–Kier alpha value is -2.02. The molecule has 1 aromatic carbocycles. The molecule has 0 aliphatic carbocycles. The first-order valence-electron chi connectivity index (χ1n) is 5.70. The molecular formula is C13H15BrN2O4. The van der Waals surface area contributed by atoms with E-state index in [0.29, 0.717) is 11.4 Å². The summed E-state index contributed by atoms with van der Waals surface area (Å²) in [5.41, 5.74) is 0.509. The van der Waals surface area contributed by atoms with Gasteiger partial charge in [0.2, 0.25) is 0 Å². The van der Waals surface area contributed by atoms with Crippen LogP contribution in [0.4, 0.5) is 10.5 Å². The number of nitrogens with zero attached hydrogens (tertiary/aromatic N) is 1. The molecule has 1 rings (SSSR count). The number of rotatable bonds is 6. The van der Waals surface area contributed by atoms with Crippen LogP contribution in [0, 0.1) is 0 Å². The minimum Gasteiger partial charge on any atom is -0.495 e. The van der Waals surface area contributed by atoms with Crippen LogP contribution in [-0.2, 0) is 4.79 Å². The van der Waals surface area contributed by atoms with E-state index in [1.165, 1.54) is 13.2 Å². The molecule has 2 N–H and O–H groups in total. The van der Waals surface area contributed by atoms with E-state index >= 15 is 0 Å². The second-order valence-corrected chi connectivity index (χ2v) is 4.70. The maximum atomic E-state index is 12.0. The Morgan fingerprint density at radius 3 is 2.80 bits per heavy atom. The van der Waals surface area contributed by atoms with E-state index in [0.717, 1.165) is 9.37 Å². The van der Waals surface area contributed by atoms with Gasteiger partial charge in [0.1, 0.15) is 12.3 Å². The third-order valence-corrected chi connectivity index (χ3v) is 3.02. The van der Waals surface area contributed by atoms with Crippen LogP contribution >= 0.6 is 15.9 Å². The van der Waals surface area contributed by atoms with Gasteiger partial charge in [-0.05, 0) is 28.1 Å². The fourth-order valence-electron chi connectivity index (χ4n) is 1.48. The zero-order valence-electron chi connectivity index (χ0n) is 10.9. The van der Waals surface area contributed by atoms with Gasteiger partial charge in [-0.15, -0.1) is 6.58 Å². The molecule has 0 saturated carbocycles. The summed E-state index contributed by atoms with van der Waals surface area (Å²) in [7, 11) is 1.51. The van der Waals surface area contributed by atoms with Crippen LogP contribution in [0.3, 0.4) is 0 Å². The van der Waals surface area contributed by atoms with Crippen molar-refractivity contribution in [1.82, 2.24) is 4.90 Å². The number of carboxylic acids is 1. The standard InChI is InChI=1S/C13H15BrN2O4/c1-3-6-16(8-12(17)18)13(19)15-9-4-5-10(14)11(7-9)20-2/h3-5,7H,1,6,8H2,2H3,(H,15,19)(H,17,18). The number of methoxy groups -OCH3 is 1. The van der Waals surface area contributed by atoms with E-state index in [1.54, 1.807) is 18.2 Å². The number of carbonyl (C=O) groups excluding carboxylic acids is 1. The van der Waals surface area contributed by atoms with Gasteiger partial charge in [-0.1, -0.05) is 6.08 Å². The highest BCUT2D eigenvalue weighted by Crippen LogP contribution is 2.27.